The van der Waals surface area contributed by atoms with Gasteiger partial charge in [0.15, 0.2) is 19.4 Å². The third-order valence-electron chi connectivity index (χ3n) is 25.0. The van der Waals surface area contributed by atoms with Crippen LogP contribution in [0.3, 0.4) is 0 Å². The molecule has 2 aliphatic rings. The Morgan fingerprint density at radius 1 is 0.238 bits per heavy atom. The quantitative estimate of drug-likeness (QED) is 0.0897. The van der Waals surface area contributed by atoms with Crippen LogP contribution in [0.4, 0.5) is 56.9 Å². The van der Waals surface area contributed by atoms with Crippen LogP contribution in [0.15, 0.2) is 388 Å². The SMILES string of the molecule is Cc1ccc2c(c1)[N+](c1ccccc1)(c1ccc3c4ccccc4n(-c4ccccc4)c3c1)c1cc(C)ccc1N2c1ccc(-c2nc(C)nc(-c3ccccc3)c2C)cc1.Cc1ccc2c(c1)[Si](c1ccccc1)(c1ccc3c4ccccc4n(-c4ccccc4)c3c1)c1cc(C)ccc1N2c1ccc(-c2nc(C)nc(-c3ccccc3)c2C)cc1. The Labute approximate surface area is 713 Å². The van der Waals surface area contributed by atoms with Crippen molar-refractivity contribution in [2.75, 3.05) is 9.80 Å². The molecule has 0 bridgehead atoms. The average Bonchev–Trinajstić information content (AvgIpc) is 0.947. The summed E-state index contributed by atoms with van der Waals surface area (Å²) in [7, 11) is -2.99. The molecule has 0 saturated heterocycles. The summed E-state index contributed by atoms with van der Waals surface area (Å²) in [5.41, 5.74) is 33.9. The van der Waals surface area contributed by atoms with Gasteiger partial charge in [-0.15, -0.1) is 0 Å². The molecule has 0 N–H and O–H groups in total. The maximum absolute atomic E-state index is 4.99. The van der Waals surface area contributed by atoms with Crippen LogP contribution in [0, 0.1) is 55.4 Å². The number of para-hydroxylation sites is 5. The molecule has 0 atom stereocenters. The van der Waals surface area contributed by atoms with Gasteiger partial charge in [-0.25, -0.2) is 19.9 Å². The molecule has 20 aromatic rings. The first-order valence-corrected chi connectivity index (χ1v) is 44.1. The van der Waals surface area contributed by atoms with Crippen LogP contribution in [-0.2, 0) is 0 Å². The van der Waals surface area contributed by atoms with Gasteiger partial charge in [0.25, 0.3) is 0 Å². The number of benzene rings is 16. The third-order valence-corrected chi connectivity index (χ3v) is 29.8. The Kier molecular flexibility index (Phi) is 18.4. The highest BCUT2D eigenvalue weighted by Crippen LogP contribution is 2.64. The lowest BCUT2D eigenvalue weighted by Gasteiger charge is -2.45. The lowest BCUT2D eigenvalue weighted by atomic mass is 9.96. The monoisotopic (exact) mass is 1590 g/mol. The molecule has 122 heavy (non-hydrogen) atoms. The van der Waals surface area contributed by atoms with E-state index in [2.05, 4.69) is 437 Å². The Bertz CT molecular complexity index is 6900. The first-order valence-electron chi connectivity index (χ1n) is 42.1. The molecule has 0 fully saturated rings. The van der Waals surface area contributed by atoms with E-state index in [1.807, 2.05) is 26.0 Å². The van der Waals surface area contributed by atoms with Crippen molar-refractivity contribution in [3.8, 4) is 56.4 Å². The molecule has 22 rings (SSSR count). The lowest BCUT2D eigenvalue weighted by molar-refractivity contribution is 0.693. The molecule has 0 saturated carbocycles. The minimum absolute atomic E-state index is 0.414. The molecule has 584 valence electrons. The van der Waals surface area contributed by atoms with E-state index in [9.17, 15) is 0 Å². The second-order valence-electron chi connectivity index (χ2n) is 32.6. The third kappa shape index (κ3) is 12.2. The highest BCUT2D eigenvalue weighted by molar-refractivity contribution is 7.21. The molecule has 10 heteroatoms. The van der Waals surface area contributed by atoms with Crippen LogP contribution < -0.4 is 35.0 Å². The number of anilines is 6. The fourth-order valence-electron chi connectivity index (χ4n) is 19.6. The van der Waals surface area contributed by atoms with Gasteiger partial charge in [0, 0.05) is 125 Å². The van der Waals surface area contributed by atoms with E-state index < -0.39 is 8.07 Å². The Morgan fingerprint density at radius 3 is 1.02 bits per heavy atom. The largest absolute Gasteiger partial charge is 0.311 e. The number of rotatable bonds is 12. The minimum Gasteiger partial charge on any atom is -0.311 e. The topological polar surface area (TPSA) is 67.9 Å². The molecular weight excluding hydrogens is 1500 g/mol. The van der Waals surface area contributed by atoms with Gasteiger partial charge in [-0.1, -0.05) is 266 Å². The average molecular weight is 1590 g/mol. The van der Waals surface area contributed by atoms with Crippen LogP contribution >= 0.6 is 0 Å². The van der Waals surface area contributed by atoms with Crippen molar-refractivity contribution in [1.82, 2.24) is 33.6 Å². The van der Waals surface area contributed by atoms with Crippen LogP contribution in [0.2, 0.25) is 0 Å². The molecule has 0 amide bonds. The predicted octanol–water partition coefficient (Wildman–Crippen LogP) is 26.5. The Hall–Kier alpha value is -14.9. The van der Waals surface area contributed by atoms with Crippen LogP contribution in [0.25, 0.3) is 100 Å². The van der Waals surface area contributed by atoms with Crippen molar-refractivity contribution in [2.24, 2.45) is 0 Å². The molecule has 0 radical (unpaired) electrons. The number of hydrogen-bond donors (Lipinski definition) is 0. The zero-order valence-electron chi connectivity index (χ0n) is 69.5. The number of hydrogen-bond acceptors (Lipinski definition) is 6. The smallest absolute Gasteiger partial charge is 0.184 e. The van der Waals surface area contributed by atoms with Gasteiger partial charge in [-0.2, -0.15) is 4.48 Å². The van der Waals surface area contributed by atoms with Crippen LogP contribution in [-0.4, -0.2) is 37.1 Å². The van der Waals surface area contributed by atoms with Gasteiger partial charge in [0.1, 0.15) is 34.4 Å². The van der Waals surface area contributed by atoms with E-state index in [1.165, 1.54) is 115 Å². The summed E-state index contributed by atoms with van der Waals surface area (Å²) in [6, 6.07) is 143. The van der Waals surface area contributed by atoms with E-state index in [-0.39, 0.29) is 0 Å². The van der Waals surface area contributed by atoms with Crippen molar-refractivity contribution >= 4 is 129 Å². The summed E-state index contributed by atoms with van der Waals surface area (Å²) in [5, 5.41) is 10.5. The van der Waals surface area contributed by atoms with Crippen molar-refractivity contribution in [3.05, 3.63) is 433 Å². The first-order chi connectivity index (χ1) is 59.8. The highest BCUT2D eigenvalue weighted by Gasteiger charge is 2.51. The number of fused-ring (bicyclic) bond motifs is 10. The Balaban J connectivity index is 0.000000150. The van der Waals surface area contributed by atoms with Gasteiger partial charge >= 0.3 is 0 Å². The molecule has 16 aromatic carbocycles. The van der Waals surface area contributed by atoms with E-state index in [1.54, 1.807) is 0 Å². The molecule has 6 heterocycles. The summed E-state index contributed by atoms with van der Waals surface area (Å²) in [5.74, 6) is 1.52. The molecule has 0 unspecified atom stereocenters. The minimum atomic E-state index is -2.99. The first kappa shape index (κ1) is 74.6. The zero-order valence-corrected chi connectivity index (χ0v) is 70.5. The number of quaternary nitrogens is 1. The maximum Gasteiger partial charge on any atom is 0.184 e. The van der Waals surface area contributed by atoms with E-state index >= 15 is 0 Å². The van der Waals surface area contributed by atoms with Gasteiger partial charge < -0.3 is 14.0 Å². The highest BCUT2D eigenvalue weighted by atomic mass is 28.3. The molecule has 9 nitrogen and oxygen atoms in total. The molecule has 4 aromatic heterocycles. The second-order valence-corrected chi connectivity index (χ2v) is 36.4. The predicted molar refractivity (Wildman–Crippen MR) is 513 cm³/mol. The molecular formula is C112H88N9Si+. The second kappa shape index (κ2) is 30.1. The summed E-state index contributed by atoms with van der Waals surface area (Å²) >= 11 is 0. The van der Waals surface area contributed by atoms with Gasteiger partial charge in [0.2, 0.25) is 0 Å². The fourth-order valence-corrected chi connectivity index (χ4v) is 24.9. The van der Waals surface area contributed by atoms with E-state index in [4.69, 9.17) is 19.9 Å². The molecule has 2 aliphatic heterocycles. The van der Waals surface area contributed by atoms with E-state index in [0.717, 1.165) is 108 Å². The van der Waals surface area contributed by atoms with Crippen molar-refractivity contribution in [2.45, 2.75) is 55.4 Å². The number of nitrogens with zero attached hydrogens (tertiary/aromatic N) is 9. The van der Waals surface area contributed by atoms with Crippen molar-refractivity contribution in [3.63, 3.8) is 0 Å². The van der Waals surface area contributed by atoms with Gasteiger partial charge in [0.05, 0.1) is 44.8 Å². The summed E-state index contributed by atoms with van der Waals surface area (Å²) in [4.78, 5) is 24.7. The fraction of sp³-hybridized carbons (Fsp3) is 0.0714. The van der Waals surface area contributed by atoms with Crippen LogP contribution in [0.1, 0.15) is 45.0 Å². The number of aromatic nitrogens is 6. The Morgan fingerprint density at radius 2 is 0.582 bits per heavy atom. The molecule has 0 spiro atoms. The summed E-state index contributed by atoms with van der Waals surface area (Å²) in [6.45, 7) is 17.1. The molecule has 0 aliphatic carbocycles. The zero-order chi connectivity index (χ0) is 82.5. The maximum atomic E-state index is 4.99. The van der Waals surface area contributed by atoms with Crippen LogP contribution in [0.5, 0.6) is 0 Å². The van der Waals surface area contributed by atoms with Gasteiger partial charge in [-0.3, -0.25) is 4.90 Å². The standard InChI is InChI=1S/C56H44N5.C56H44N4Si/c2*1-37-24-32-50-53(34-37)61(45-20-12-7-13-21-45,46-30-31-48-47-22-14-15-23-49(47)59(52(48)36-46)43-18-10-6-11-19-43)54-35-38(2)25-33-51(54)60(50)44-28-26-42(27-29-44)56-39(3)55(57-40(4)58-56)41-16-8-5-9-17-41/h2*5-36H,1-4H3/q+1;. The number of aryl methyl sites for hydroxylation is 6. The normalized spacial score (nSPS) is 13.0. The van der Waals surface area contributed by atoms with Crippen molar-refractivity contribution in [1.29, 1.82) is 0 Å². The van der Waals surface area contributed by atoms with E-state index in [0.29, 0.717) is 4.48 Å². The lowest BCUT2D eigenvalue weighted by Crippen LogP contribution is -2.77. The van der Waals surface area contributed by atoms with Gasteiger partial charge in [-0.05, 0) is 184 Å². The summed E-state index contributed by atoms with van der Waals surface area (Å²) in [6.07, 6.45) is 0. The summed E-state index contributed by atoms with van der Waals surface area (Å²) < 4.78 is 5.29. The van der Waals surface area contributed by atoms with Crippen molar-refractivity contribution < 1.29 is 0 Å².